The normalized spacial score (nSPS) is 27.6. The van der Waals surface area contributed by atoms with Crippen LogP contribution in [0.4, 0.5) is 14.5 Å². The van der Waals surface area contributed by atoms with E-state index in [0.29, 0.717) is 13.1 Å². The van der Waals surface area contributed by atoms with Crippen LogP contribution < -0.4 is 16.1 Å². The number of benzene rings is 1. The quantitative estimate of drug-likeness (QED) is 0.810. The van der Waals surface area contributed by atoms with Crippen molar-refractivity contribution in [3.63, 3.8) is 0 Å². The van der Waals surface area contributed by atoms with Crippen LogP contribution in [0.5, 0.6) is 0 Å². The van der Waals surface area contributed by atoms with Crippen molar-refractivity contribution in [1.82, 2.24) is 4.57 Å². The maximum absolute atomic E-state index is 15.0. The summed E-state index contributed by atoms with van der Waals surface area (Å²) in [6, 6.07) is 0.308. The van der Waals surface area contributed by atoms with Crippen molar-refractivity contribution in [2.75, 3.05) is 18.0 Å². The molecule has 2 aromatic rings. The lowest BCUT2D eigenvalue weighted by atomic mass is 10.0. The second-order valence-electron chi connectivity index (χ2n) is 8.17. The highest BCUT2D eigenvalue weighted by Crippen LogP contribution is 2.54. The molecule has 1 aromatic carbocycles. The Hall–Kier alpha value is -2.19. The summed E-state index contributed by atoms with van der Waals surface area (Å²) < 4.78 is 30.2. The standard InChI is InChI=1S/C19H18ClF2N3O3/c20-14-15-8(17(26)9(18(27)28)5-25(15)12-4-10(12)21)3-11(22)16(14)24-6-13(23)19(7-24)1-2-19/h3,5,10,12-13H,1-2,4,6-7,23H2,(H,27,28)/t10-,12+,13+/m0/s1/i9+2. The highest BCUT2D eigenvalue weighted by molar-refractivity contribution is 6.38. The minimum absolute atomic E-state index is 0.00645. The molecule has 3 fully saturated rings. The van der Waals surface area contributed by atoms with E-state index in [4.69, 9.17) is 17.3 Å². The van der Waals surface area contributed by atoms with Crippen LogP contribution in [0.15, 0.2) is 17.1 Å². The number of carboxylic acids is 1. The SMILES string of the molecule is N[C@@H]1CN(c2c(F)cc3c(=O)[14c](C(=O)O)cn([C@@H]4C[C@@H]4F)c3c2Cl)CC12CC2. The summed E-state index contributed by atoms with van der Waals surface area (Å²) in [4.78, 5) is 25.8. The summed E-state index contributed by atoms with van der Waals surface area (Å²) in [6.45, 7) is 1.01. The number of aromatic nitrogens is 1. The lowest BCUT2D eigenvalue weighted by Crippen LogP contribution is -2.30. The Morgan fingerprint density at radius 3 is 2.64 bits per heavy atom. The number of fused-ring (bicyclic) bond motifs is 1. The van der Waals surface area contributed by atoms with Gasteiger partial charge in [-0.15, -0.1) is 0 Å². The number of aromatic carboxylic acids is 1. The van der Waals surface area contributed by atoms with E-state index in [1.807, 2.05) is 0 Å². The number of alkyl halides is 1. The van der Waals surface area contributed by atoms with Gasteiger partial charge in [0.1, 0.15) is 17.6 Å². The lowest BCUT2D eigenvalue weighted by molar-refractivity contribution is 0.0694. The van der Waals surface area contributed by atoms with Gasteiger partial charge in [0, 0.05) is 37.2 Å². The maximum atomic E-state index is 15.0. The van der Waals surface area contributed by atoms with Crippen LogP contribution >= 0.6 is 11.6 Å². The van der Waals surface area contributed by atoms with Crippen LogP contribution in [-0.2, 0) is 0 Å². The molecule has 1 aliphatic heterocycles. The summed E-state index contributed by atoms with van der Waals surface area (Å²) >= 11 is 6.56. The first-order chi connectivity index (χ1) is 13.2. The molecular formula is C19H18ClF2N3O3. The van der Waals surface area contributed by atoms with Crippen molar-refractivity contribution < 1.29 is 18.7 Å². The topological polar surface area (TPSA) is 88.6 Å². The largest absolute Gasteiger partial charge is 0.477 e. The van der Waals surface area contributed by atoms with Crippen molar-refractivity contribution >= 4 is 34.2 Å². The molecule has 2 saturated carbocycles. The predicted molar refractivity (Wildman–Crippen MR) is 101 cm³/mol. The van der Waals surface area contributed by atoms with E-state index in [0.717, 1.165) is 25.1 Å². The van der Waals surface area contributed by atoms with E-state index in [1.165, 1.54) is 4.57 Å². The van der Waals surface area contributed by atoms with Crippen LogP contribution in [0.1, 0.15) is 35.7 Å². The summed E-state index contributed by atoms with van der Waals surface area (Å²) in [7, 11) is 0. The van der Waals surface area contributed by atoms with Crippen molar-refractivity contribution in [3.8, 4) is 0 Å². The highest BCUT2D eigenvalue weighted by Gasteiger charge is 2.54. The van der Waals surface area contributed by atoms with Gasteiger partial charge in [-0.3, -0.25) is 4.79 Å². The smallest absolute Gasteiger partial charge is 0.341 e. The molecule has 148 valence electrons. The summed E-state index contributed by atoms with van der Waals surface area (Å²) in [5.41, 5.74) is 5.15. The zero-order chi connectivity index (χ0) is 20.0. The zero-order valence-electron chi connectivity index (χ0n) is 14.8. The van der Waals surface area contributed by atoms with Gasteiger partial charge in [-0.05, 0) is 18.9 Å². The molecule has 0 bridgehead atoms. The Labute approximate surface area is 163 Å². The van der Waals surface area contributed by atoms with Crippen molar-refractivity contribution in [3.05, 3.63) is 38.9 Å². The Kier molecular flexibility index (Phi) is 3.62. The monoisotopic (exact) mass is 411 g/mol. The molecule has 9 heteroatoms. The molecule has 0 unspecified atom stereocenters. The number of rotatable bonds is 3. The fourth-order valence-corrected chi connectivity index (χ4v) is 4.84. The molecule has 2 heterocycles. The number of halogens is 3. The molecule has 3 atom stereocenters. The molecule has 5 rings (SSSR count). The second-order valence-corrected chi connectivity index (χ2v) is 8.55. The van der Waals surface area contributed by atoms with Gasteiger partial charge in [0.05, 0.1) is 27.7 Å². The van der Waals surface area contributed by atoms with Crippen molar-refractivity contribution in [2.45, 2.75) is 37.5 Å². The number of carbonyl (C=O) groups is 1. The number of hydrogen-bond donors (Lipinski definition) is 2. The number of nitrogens with zero attached hydrogens (tertiary/aromatic N) is 2. The Morgan fingerprint density at radius 2 is 2.11 bits per heavy atom. The fraction of sp³-hybridized carbons (Fsp3) is 0.474. The molecule has 28 heavy (non-hydrogen) atoms. The molecule has 3 N–H and O–H groups in total. The zero-order valence-corrected chi connectivity index (χ0v) is 15.5. The van der Waals surface area contributed by atoms with E-state index in [2.05, 4.69) is 0 Å². The number of hydrogen-bond acceptors (Lipinski definition) is 4. The third-order valence-corrected chi connectivity index (χ3v) is 6.73. The first kappa shape index (κ1) is 17.9. The van der Waals surface area contributed by atoms with Crippen molar-refractivity contribution in [2.24, 2.45) is 11.1 Å². The van der Waals surface area contributed by atoms with Gasteiger partial charge in [-0.1, -0.05) is 11.6 Å². The van der Waals surface area contributed by atoms with Crippen LogP contribution in [0.25, 0.3) is 10.9 Å². The third kappa shape index (κ3) is 2.40. The predicted octanol–water partition coefficient (Wildman–Crippen LogP) is 2.70. The van der Waals surface area contributed by atoms with Crippen molar-refractivity contribution in [1.29, 1.82) is 0 Å². The molecule has 1 aromatic heterocycles. The number of carboxylic acid groups (broad SMARTS) is 1. The Balaban J connectivity index is 1.75. The van der Waals surface area contributed by atoms with E-state index >= 15 is 4.39 Å². The average Bonchev–Trinajstić information content (AvgIpc) is 3.51. The van der Waals surface area contributed by atoms with Gasteiger partial charge in [-0.2, -0.15) is 0 Å². The average molecular weight is 412 g/mol. The van der Waals surface area contributed by atoms with Gasteiger partial charge in [0.2, 0.25) is 5.43 Å². The number of anilines is 1. The maximum Gasteiger partial charge on any atom is 0.341 e. The van der Waals surface area contributed by atoms with E-state index in [-0.39, 0.29) is 39.5 Å². The van der Waals surface area contributed by atoms with Gasteiger partial charge < -0.3 is 20.3 Å². The Morgan fingerprint density at radius 1 is 1.43 bits per heavy atom. The van der Waals surface area contributed by atoms with Gasteiger partial charge in [0.15, 0.2) is 0 Å². The lowest BCUT2D eigenvalue weighted by Gasteiger charge is -2.23. The molecule has 2 aliphatic carbocycles. The van der Waals surface area contributed by atoms with E-state index < -0.39 is 35.0 Å². The minimum Gasteiger partial charge on any atom is -0.477 e. The minimum atomic E-state index is -1.45. The second kappa shape index (κ2) is 5.67. The highest BCUT2D eigenvalue weighted by atomic mass is 35.5. The molecule has 0 radical (unpaired) electrons. The van der Waals surface area contributed by atoms with Crippen LogP contribution in [0, 0.1) is 11.2 Å². The van der Waals surface area contributed by atoms with E-state index in [1.54, 1.807) is 4.90 Å². The molecule has 0 amide bonds. The fourth-order valence-electron chi connectivity index (χ4n) is 4.43. The summed E-state index contributed by atoms with van der Waals surface area (Å²) in [6.07, 6.45) is 2.11. The summed E-state index contributed by atoms with van der Waals surface area (Å²) in [5, 5.41) is 9.16. The van der Waals surface area contributed by atoms with Crippen LogP contribution in [-0.4, -0.2) is 40.9 Å². The molecule has 6 nitrogen and oxygen atoms in total. The molecule has 3 aliphatic rings. The molecular weight excluding hydrogens is 394 g/mol. The Bertz CT molecular complexity index is 1100. The number of nitrogens with two attached hydrogens (primary N) is 1. The third-order valence-electron chi connectivity index (χ3n) is 6.37. The van der Waals surface area contributed by atoms with Crippen LogP contribution in [0.3, 0.4) is 0 Å². The van der Waals surface area contributed by atoms with Gasteiger partial charge >= 0.3 is 5.97 Å². The van der Waals surface area contributed by atoms with Crippen LogP contribution in [0.2, 0.25) is 5.02 Å². The molecule has 1 saturated heterocycles. The molecule has 1 spiro atoms. The number of pyridine rings is 1. The first-order valence-electron chi connectivity index (χ1n) is 9.18. The van der Waals surface area contributed by atoms with Gasteiger partial charge in [-0.25, -0.2) is 13.6 Å². The summed E-state index contributed by atoms with van der Waals surface area (Å²) in [5.74, 6) is -2.15. The van der Waals surface area contributed by atoms with Gasteiger partial charge in [0.25, 0.3) is 0 Å². The first-order valence-corrected chi connectivity index (χ1v) is 9.56. The van der Waals surface area contributed by atoms with E-state index in [9.17, 15) is 19.1 Å².